The summed E-state index contributed by atoms with van der Waals surface area (Å²) in [5.41, 5.74) is 0.436. The number of halogens is 2. The number of amides is 2. The lowest BCUT2D eigenvalue weighted by molar-refractivity contribution is 0.0295. The first-order valence-corrected chi connectivity index (χ1v) is 8.50. The lowest BCUT2D eigenvalue weighted by Gasteiger charge is -2.27. The number of carbonyl (C=O) groups is 2. The third-order valence-electron chi connectivity index (χ3n) is 4.23. The van der Waals surface area contributed by atoms with Crippen molar-refractivity contribution in [3.8, 4) is 0 Å². The van der Waals surface area contributed by atoms with Crippen molar-refractivity contribution in [3.63, 3.8) is 0 Å². The number of aromatic nitrogens is 4. The predicted octanol–water partition coefficient (Wildman–Crippen LogP) is 1.53. The maximum absolute atomic E-state index is 12.9. The number of alkyl halides is 2. The first-order valence-electron chi connectivity index (χ1n) is 8.50. The normalized spacial score (nSPS) is 14.6. The molecule has 0 aliphatic carbocycles. The van der Waals surface area contributed by atoms with Crippen molar-refractivity contribution in [1.82, 2.24) is 24.5 Å². The van der Waals surface area contributed by atoms with E-state index in [0.717, 1.165) is 0 Å². The summed E-state index contributed by atoms with van der Waals surface area (Å²) in [7, 11) is 0. The van der Waals surface area contributed by atoms with Crippen LogP contribution in [0.3, 0.4) is 0 Å². The smallest absolute Gasteiger partial charge is 0.333 e. The summed E-state index contributed by atoms with van der Waals surface area (Å²) in [6, 6.07) is 1.26. The molecule has 1 aliphatic heterocycles. The van der Waals surface area contributed by atoms with E-state index in [4.69, 9.17) is 4.74 Å². The van der Waals surface area contributed by atoms with Crippen LogP contribution in [-0.4, -0.2) is 62.6 Å². The molecule has 146 valence electrons. The molecule has 2 aromatic rings. The van der Waals surface area contributed by atoms with Gasteiger partial charge in [0.25, 0.3) is 11.8 Å². The summed E-state index contributed by atoms with van der Waals surface area (Å²) in [5, 5.41) is 10.3. The molecule has 27 heavy (non-hydrogen) atoms. The van der Waals surface area contributed by atoms with Gasteiger partial charge in [-0.15, -0.1) is 0 Å². The molecule has 0 unspecified atom stereocenters. The second-order valence-electron chi connectivity index (χ2n) is 5.97. The number of nitrogens with zero attached hydrogens (tertiary/aromatic N) is 5. The van der Waals surface area contributed by atoms with Crippen LogP contribution >= 0.6 is 0 Å². The number of anilines is 1. The molecule has 9 nitrogen and oxygen atoms in total. The van der Waals surface area contributed by atoms with Gasteiger partial charge in [-0.1, -0.05) is 0 Å². The van der Waals surface area contributed by atoms with Gasteiger partial charge in [0, 0.05) is 25.3 Å². The molecule has 0 spiro atoms. The van der Waals surface area contributed by atoms with Crippen LogP contribution in [-0.2, 0) is 11.3 Å². The van der Waals surface area contributed by atoms with Crippen LogP contribution in [0, 0.1) is 6.92 Å². The third-order valence-corrected chi connectivity index (χ3v) is 4.23. The zero-order valence-corrected chi connectivity index (χ0v) is 15.0. The molecule has 0 radical (unpaired) electrons. The largest absolute Gasteiger partial charge is 0.378 e. The third kappa shape index (κ3) is 3.82. The SMILES string of the molecule is CCn1ncc(NC(=O)c2cc(C)n(C(F)F)n2)c1C(=O)N1CCOCC1. The van der Waals surface area contributed by atoms with Crippen molar-refractivity contribution < 1.29 is 23.1 Å². The Morgan fingerprint density at radius 1 is 1.33 bits per heavy atom. The van der Waals surface area contributed by atoms with Crippen LogP contribution in [0.1, 0.15) is 40.1 Å². The molecular formula is C16H20F2N6O3. The van der Waals surface area contributed by atoms with Crippen LogP contribution in [0.25, 0.3) is 0 Å². The van der Waals surface area contributed by atoms with Gasteiger partial charge in [0.1, 0.15) is 5.69 Å². The van der Waals surface area contributed by atoms with Gasteiger partial charge < -0.3 is 15.0 Å². The Labute approximate surface area is 153 Å². The van der Waals surface area contributed by atoms with Crippen LogP contribution in [0.5, 0.6) is 0 Å². The maximum atomic E-state index is 12.9. The minimum Gasteiger partial charge on any atom is -0.378 e. The van der Waals surface area contributed by atoms with E-state index >= 15 is 0 Å². The van der Waals surface area contributed by atoms with Crippen molar-refractivity contribution in [2.45, 2.75) is 26.9 Å². The molecule has 3 rings (SSSR count). The molecule has 3 heterocycles. The van der Waals surface area contributed by atoms with Crippen LogP contribution in [0.15, 0.2) is 12.3 Å². The number of hydrogen-bond donors (Lipinski definition) is 1. The molecular weight excluding hydrogens is 362 g/mol. The van der Waals surface area contributed by atoms with E-state index in [9.17, 15) is 18.4 Å². The standard InChI is InChI=1S/C16H20F2N6O3/c1-3-23-13(15(26)22-4-6-27-7-5-22)12(9-19-23)20-14(25)11-8-10(2)24(21-11)16(17)18/h8-9,16H,3-7H2,1-2H3,(H,20,25). The Balaban J connectivity index is 1.84. The number of nitrogens with one attached hydrogen (secondary N) is 1. The molecule has 0 saturated carbocycles. The lowest BCUT2D eigenvalue weighted by atomic mass is 10.2. The molecule has 1 fully saturated rings. The highest BCUT2D eigenvalue weighted by Crippen LogP contribution is 2.20. The molecule has 0 aromatic carbocycles. The van der Waals surface area contributed by atoms with Gasteiger partial charge in [0.2, 0.25) is 0 Å². The van der Waals surface area contributed by atoms with E-state index in [-0.39, 0.29) is 28.7 Å². The van der Waals surface area contributed by atoms with Crippen molar-refractivity contribution in [2.75, 3.05) is 31.6 Å². The Morgan fingerprint density at radius 3 is 2.63 bits per heavy atom. The fourth-order valence-corrected chi connectivity index (χ4v) is 2.84. The van der Waals surface area contributed by atoms with Crippen molar-refractivity contribution in [3.05, 3.63) is 29.3 Å². The van der Waals surface area contributed by atoms with E-state index in [1.807, 2.05) is 6.92 Å². The molecule has 0 bridgehead atoms. The van der Waals surface area contributed by atoms with Crippen LogP contribution in [0.2, 0.25) is 0 Å². The number of rotatable bonds is 5. The molecule has 1 saturated heterocycles. The zero-order valence-electron chi connectivity index (χ0n) is 15.0. The van der Waals surface area contributed by atoms with Gasteiger partial charge in [-0.25, -0.2) is 4.68 Å². The predicted molar refractivity (Wildman–Crippen MR) is 90.8 cm³/mol. The van der Waals surface area contributed by atoms with Crippen LogP contribution in [0.4, 0.5) is 14.5 Å². The molecule has 0 atom stereocenters. The Bertz CT molecular complexity index is 841. The van der Waals surface area contributed by atoms with Gasteiger partial charge in [-0.3, -0.25) is 14.3 Å². The summed E-state index contributed by atoms with van der Waals surface area (Å²) in [4.78, 5) is 26.9. The summed E-state index contributed by atoms with van der Waals surface area (Å²) < 4.78 is 32.9. The molecule has 2 amide bonds. The molecule has 1 N–H and O–H groups in total. The van der Waals surface area contributed by atoms with E-state index in [0.29, 0.717) is 37.5 Å². The molecule has 11 heteroatoms. The zero-order chi connectivity index (χ0) is 19.6. The topological polar surface area (TPSA) is 94.3 Å². The Hall–Kier alpha value is -2.82. The van der Waals surface area contributed by atoms with E-state index < -0.39 is 12.5 Å². The van der Waals surface area contributed by atoms with E-state index in [1.165, 1.54) is 23.9 Å². The number of hydrogen-bond acceptors (Lipinski definition) is 5. The number of aryl methyl sites for hydroxylation is 2. The minimum absolute atomic E-state index is 0.156. The summed E-state index contributed by atoms with van der Waals surface area (Å²) in [6.07, 6.45) is 1.37. The van der Waals surface area contributed by atoms with Gasteiger partial charge in [0.15, 0.2) is 5.69 Å². The Morgan fingerprint density at radius 2 is 2.04 bits per heavy atom. The average Bonchev–Trinajstić information content (AvgIpc) is 3.25. The fraction of sp³-hybridized carbons (Fsp3) is 0.500. The fourth-order valence-electron chi connectivity index (χ4n) is 2.84. The quantitative estimate of drug-likeness (QED) is 0.846. The number of ether oxygens (including phenoxy) is 1. The number of carbonyl (C=O) groups excluding carboxylic acids is 2. The van der Waals surface area contributed by atoms with Crippen LogP contribution < -0.4 is 5.32 Å². The molecule has 1 aliphatic rings. The second-order valence-corrected chi connectivity index (χ2v) is 5.97. The highest BCUT2D eigenvalue weighted by atomic mass is 19.3. The van der Waals surface area contributed by atoms with E-state index in [1.54, 1.807) is 4.90 Å². The average molecular weight is 382 g/mol. The van der Waals surface area contributed by atoms with Gasteiger partial charge in [-0.2, -0.15) is 19.0 Å². The van der Waals surface area contributed by atoms with Gasteiger partial charge >= 0.3 is 6.55 Å². The highest BCUT2D eigenvalue weighted by molar-refractivity contribution is 6.07. The molecule has 2 aromatic heterocycles. The van der Waals surface area contributed by atoms with Crippen molar-refractivity contribution >= 4 is 17.5 Å². The summed E-state index contributed by atoms with van der Waals surface area (Å²) in [6.45, 7) is 2.61. The van der Waals surface area contributed by atoms with Gasteiger partial charge in [0.05, 0.1) is 25.1 Å². The lowest BCUT2D eigenvalue weighted by Crippen LogP contribution is -2.41. The summed E-state index contributed by atoms with van der Waals surface area (Å²) in [5.74, 6) is -0.966. The first kappa shape index (κ1) is 19.0. The minimum atomic E-state index is -2.84. The number of morpholine rings is 1. The van der Waals surface area contributed by atoms with E-state index in [2.05, 4.69) is 15.5 Å². The first-order chi connectivity index (χ1) is 12.9. The van der Waals surface area contributed by atoms with Crippen molar-refractivity contribution in [2.24, 2.45) is 0 Å². The highest BCUT2D eigenvalue weighted by Gasteiger charge is 2.27. The summed E-state index contributed by atoms with van der Waals surface area (Å²) >= 11 is 0. The van der Waals surface area contributed by atoms with Gasteiger partial charge in [-0.05, 0) is 19.9 Å². The maximum Gasteiger partial charge on any atom is 0.333 e. The Kier molecular flexibility index (Phi) is 5.49. The second kappa shape index (κ2) is 7.82. The van der Waals surface area contributed by atoms with Crippen molar-refractivity contribution in [1.29, 1.82) is 0 Å². The monoisotopic (exact) mass is 382 g/mol.